The van der Waals surface area contributed by atoms with Gasteiger partial charge in [-0.05, 0) is 48.9 Å². The van der Waals surface area contributed by atoms with Crippen molar-refractivity contribution >= 4 is 23.2 Å². The molecule has 7 heteroatoms. The maximum absolute atomic E-state index is 12.4. The topological polar surface area (TPSA) is 107 Å². The summed E-state index contributed by atoms with van der Waals surface area (Å²) < 4.78 is 0. The Kier molecular flexibility index (Phi) is 4.70. The highest BCUT2D eigenvalue weighted by atomic mass is 16.3. The van der Waals surface area contributed by atoms with Crippen molar-refractivity contribution in [3.8, 4) is 17.0 Å². The fourth-order valence-corrected chi connectivity index (χ4v) is 2.48. The van der Waals surface area contributed by atoms with Crippen LogP contribution in [0.25, 0.3) is 11.3 Å². The summed E-state index contributed by atoms with van der Waals surface area (Å²) in [6.45, 7) is 3.22. The third-order valence-electron chi connectivity index (χ3n) is 3.80. The Morgan fingerprint density at radius 1 is 1.04 bits per heavy atom. The minimum Gasteiger partial charge on any atom is -0.507 e. The van der Waals surface area contributed by atoms with E-state index in [2.05, 4.69) is 20.8 Å². The number of benzene rings is 2. The number of aromatic nitrogens is 2. The molecule has 0 radical (unpaired) electrons. The van der Waals surface area contributed by atoms with E-state index in [1.54, 1.807) is 49.4 Å². The molecule has 0 bridgehead atoms. The van der Waals surface area contributed by atoms with Crippen LogP contribution in [0.3, 0.4) is 0 Å². The lowest BCUT2D eigenvalue weighted by Gasteiger charge is -2.06. The maximum atomic E-state index is 12.4. The molecule has 3 aromatic rings. The maximum Gasteiger partial charge on any atom is 0.273 e. The molecule has 3 rings (SSSR count). The van der Waals surface area contributed by atoms with E-state index < -0.39 is 0 Å². The van der Waals surface area contributed by atoms with Gasteiger partial charge in [0.1, 0.15) is 11.4 Å². The number of nitrogens with zero attached hydrogens (tertiary/aromatic N) is 1. The molecule has 0 fully saturated rings. The number of aromatic hydroxyl groups is 1. The number of phenols is 1. The van der Waals surface area contributed by atoms with Crippen LogP contribution in [0.1, 0.15) is 23.0 Å². The Bertz CT molecular complexity index is 961. The van der Waals surface area contributed by atoms with Gasteiger partial charge >= 0.3 is 0 Å². The van der Waals surface area contributed by atoms with E-state index in [-0.39, 0.29) is 23.3 Å². The van der Waals surface area contributed by atoms with E-state index in [9.17, 15) is 14.7 Å². The van der Waals surface area contributed by atoms with Crippen molar-refractivity contribution in [2.45, 2.75) is 13.8 Å². The van der Waals surface area contributed by atoms with Crippen LogP contribution in [0.2, 0.25) is 0 Å². The monoisotopic (exact) mass is 350 g/mol. The van der Waals surface area contributed by atoms with Gasteiger partial charge in [-0.15, -0.1) is 0 Å². The number of carbonyl (C=O) groups is 2. The molecule has 2 amide bonds. The average molecular weight is 350 g/mol. The van der Waals surface area contributed by atoms with E-state index in [4.69, 9.17) is 0 Å². The number of H-pyrrole nitrogens is 1. The first-order chi connectivity index (χ1) is 12.4. The van der Waals surface area contributed by atoms with Crippen molar-refractivity contribution in [1.82, 2.24) is 10.2 Å². The van der Waals surface area contributed by atoms with E-state index in [1.165, 1.54) is 6.92 Å². The number of hydrogen-bond acceptors (Lipinski definition) is 4. The summed E-state index contributed by atoms with van der Waals surface area (Å²) in [6.07, 6.45) is 0. The first-order valence-corrected chi connectivity index (χ1v) is 7.97. The summed E-state index contributed by atoms with van der Waals surface area (Å²) in [6, 6.07) is 13.7. The number of hydrogen-bond donors (Lipinski definition) is 4. The largest absolute Gasteiger partial charge is 0.507 e. The van der Waals surface area contributed by atoms with Gasteiger partial charge < -0.3 is 15.7 Å². The van der Waals surface area contributed by atoms with Gasteiger partial charge in [0.15, 0.2) is 0 Å². The summed E-state index contributed by atoms with van der Waals surface area (Å²) in [5.41, 5.74) is 3.27. The Hall–Kier alpha value is -3.61. The van der Waals surface area contributed by atoms with Crippen LogP contribution in [0.4, 0.5) is 11.4 Å². The van der Waals surface area contributed by atoms with Crippen molar-refractivity contribution in [2.75, 3.05) is 10.6 Å². The molecule has 0 aliphatic rings. The second-order valence-electron chi connectivity index (χ2n) is 5.85. The lowest BCUT2D eigenvalue weighted by atomic mass is 10.1. The lowest BCUT2D eigenvalue weighted by Crippen LogP contribution is -2.12. The van der Waals surface area contributed by atoms with Crippen molar-refractivity contribution in [3.05, 3.63) is 59.8 Å². The van der Waals surface area contributed by atoms with Crippen molar-refractivity contribution in [2.24, 2.45) is 0 Å². The molecule has 132 valence electrons. The molecule has 0 aliphatic heterocycles. The van der Waals surface area contributed by atoms with Crippen LogP contribution in [0.15, 0.2) is 48.5 Å². The molecule has 0 atom stereocenters. The summed E-state index contributed by atoms with van der Waals surface area (Å²) in [5, 5.41) is 22.3. The number of nitrogens with one attached hydrogen (secondary N) is 3. The minimum absolute atomic E-state index is 0.138. The molecule has 0 spiro atoms. The molecular formula is C19H18N4O3. The number of phenolic OH excluding ortho intramolecular Hbond substituents is 1. The van der Waals surface area contributed by atoms with Gasteiger partial charge in [-0.2, -0.15) is 5.10 Å². The zero-order chi connectivity index (χ0) is 18.7. The van der Waals surface area contributed by atoms with E-state index in [0.29, 0.717) is 22.6 Å². The fourth-order valence-electron chi connectivity index (χ4n) is 2.48. The van der Waals surface area contributed by atoms with E-state index in [0.717, 1.165) is 5.56 Å². The van der Waals surface area contributed by atoms with Crippen LogP contribution in [0, 0.1) is 6.92 Å². The number of amides is 2. The molecule has 2 aromatic carbocycles. The van der Waals surface area contributed by atoms with Crippen molar-refractivity contribution in [1.29, 1.82) is 0 Å². The molecule has 0 unspecified atom stereocenters. The third-order valence-corrected chi connectivity index (χ3v) is 3.80. The van der Waals surface area contributed by atoms with Gasteiger partial charge in [0, 0.05) is 23.9 Å². The standard InChI is InChI=1S/C19H18N4O3/c1-11-4-3-5-15(18(11)25)16-10-17(23-22-16)19(26)21-14-8-6-13(7-9-14)20-12(2)24/h3-10,25H,1-2H3,(H,20,24)(H,21,26)(H,22,23). The number of rotatable bonds is 4. The van der Waals surface area contributed by atoms with Gasteiger partial charge in [0.05, 0.1) is 5.69 Å². The molecule has 0 saturated heterocycles. The normalized spacial score (nSPS) is 10.4. The summed E-state index contributed by atoms with van der Waals surface area (Å²) >= 11 is 0. The van der Waals surface area contributed by atoms with Gasteiger partial charge in [0.2, 0.25) is 5.91 Å². The first kappa shape index (κ1) is 17.2. The Morgan fingerprint density at radius 2 is 1.69 bits per heavy atom. The highest BCUT2D eigenvalue weighted by Crippen LogP contribution is 2.30. The highest BCUT2D eigenvalue weighted by molar-refractivity contribution is 6.03. The molecule has 7 nitrogen and oxygen atoms in total. The molecule has 0 saturated carbocycles. The van der Waals surface area contributed by atoms with E-state index in [1.807, 2.05) is 6.07 Å². The second kappa shape index (κ2) is 7.10. The summed E-state index contributed by atoms with van der Waals surface area (Å²) in [5.74, 6) is -0.381. The molecule has 1 aromatic heterocycles. The van der Waals surface area contributed by atoms with Gasteiger partial charge in [-0.1, -0.05) is 12.1 Å². The number of anilines is 2. The molecule has 4 N–H and O–H groups in total. The van der Waals surface area contributed by atoms with Crippen molar-refractivity contribution in [3.63, 3.8) is 0 Å². The van der Waals surface area contributed by atoms with Gasteiger partial charge in [-0.25, -0.2) is 0 Å². The minimum atomic E-state index is -0.358. The number of carbonyl (C=O) groups excluding carboxylic acids is 2. The van der Waals surface area contributed by atoms with Crippen LogP contribution in [-0.2, 0) is 4.79 Å². The van der Waals surface area contributed by atoms with Crippen LogP contribution in [-0.4, -0.2) is 27.1 Å². The molecule has 1 heterocycles. The molecular weight excluding hydrogens is 332 g/mol. The quantitative estimate of drug-likeness (QED) is 0.579. The summed E-state index contributed by atoms with van der Waals surface area (Å²) in [4.78, 5) is 23.4. The Balaban J connectivity index is 1.74. The Morgan fingerprint density at radius 3 is 2.35 bits per heavy atom. The van der Waals surface area contributed by atoms with Crippen molar-refractivity contribution < 1.29 is 14.7 Å². The predicted molar refractivity (Wildman–Crippen MR) is 99.1 cm³/mol. The first-order valence-electron chi connectivity index (χ1n) is 7.97. The van der Waals surface area contributed by atoms with Crippen LogP contribution >= 0.6 is 0 Å². The predicted octanol–water partition coefficient (Wildman–Crippen LogP) is 3.30. The average Bonchev–Trinajstić information content (AvgIpc) is 3.08. The van der Waals surface area contributed by atoms with Gasteiger partial charge in [0.25, 0.3) is 5.91 Å². The zero-order valence-electron chi connectivity index (χ0n) is 14.3. The third kappa shape index (κ3) is 3.72. The number of aryl methyl sites for hydroxylation is 1. The number of para-hydroxylation sites is 1. The molecule has 26 heavy (non-hydrogen) atoms. The summed E-state index contributed by atoms with van der Waals surface area (Å²) in [7, 11) is 0. The second-order valence-corrected chi connectivity index (χ2v) is 5.85. The lowest BCUT2D eigenvalue weighted by molar-refractivity contribution is -0.114. The SMILES string of the molecule is CC(=O)Nc1ccc(NC(=O)c2cc(-c3cccc(C)c3O)n[nH]2)cc1. The van der Waals surface area contributed by atoms with E-state index >= 15 is 0 Å². The molecule has 0 aliphatic carbocycles. The van der Waals surface area contributed by atoms with Gasteiger partial charge in [-0.3, -0.25) is 14.7 Å². The van der Waals surface area contributed by atoms with Crippen LogP contribution in [0.5, 0.6) is 5.75 Å². The Labute approximate surface area is 150 Å². The van der Waals surface area contributed by atoms with Crippen LogP contribution < -0.4 is 10.6 Å². The fraction of sp³-hybridized carbons (Fsp3) is 0.105. The number of aromatic amines is 1. The highest BCUT2D eigenvalue weighted by Gasteiger charge is 2.14. The zero-order valence-corrected chi connectivity index (χ0v) is 14.3. The smallest absolute Gasteiger partial charge is 0.273 e.